The zero-order valence-electron chi connectivity index (χ0n) is 18.0. The number of hydrogen-bond acceptors (Lipinski definition) is 2. The Kier molecular flexibility index (Phi) is 5.44. The van der Waals surface area contributed by atoms with Crippen molar-refractivity contribution in [1.82, 2.24) is 19.9 Å². The molecule has 2 aromatic heterocycles. The number of imidazole rings is 1. The maximum atomic E-state index is 14.5. The highest BCUT2D eigenvalue weighted by Gasteiger charge is 2.35. The minimum absolute atomic E-state index is 0.0768. The topological polar surface area (TPSA) is 62.7 Å². The van der Waals surface area contributed by atoms with Crippen LogP contribution in [0.5, 0.6) is 0 Å². The van der Waals surface area contributed by atoms with E-state index < -0.39 is 11.6 Å². The van der Waals surface area contributed by atoms with Gasteiger partial charge in [0, 0.05) is 30.4 Å². The highest BCUT2D eigenvalue weighted by Crippen LogP contribution is 2.48. The molecule has 0 bridgehead atoms. The molecule has 2 aromatic carbocycles. The molecule has 1 fully saturated rings. The van der Waals surface area contributed by atoms with Crippen LogP contribution in [0.1, 0.15) is 37.3 Å². The summed E-state index contributed by atoms with van der Waals surface area (Å²) < 4.78 is 43.7. The van der Waals surface area contributed by atoms with Crippen LogP contribution >= 0.6 is 0 Å². The summed E-state index contributed by atoms with van der Waals surface area (Å²) >= 11 is 0. The first-order chi connectivity index (χ1) is 15.9. The molecule has 4 aromatic rings. The van der Waals surface area contributed by atoms with Crippen LogP contribution < -0.4 is 5.32 Å². The van der Waals surface area contributed by atoms with Gasteiger partial charge in [-0.25, -0.2) is 18.2 Å². The molecular formula is C25H23F3N4O. The third-order valence-electron chi connectivity index (χ3n) is 6.56. The predicted octanol–water partition coefficient (Wildman–Crippen LogP) is 5.32. The Morgan fingerprint density at radius 2 is 1.94 bits per heavy atom. The Balaban J connectivity index is 1.35. The molecule has 1 amide bonds. The zero-order valence-corrected chi connectivity index (χ0v) is 18.0. The van der Waals surface area contributed by atoms with Gasteiger partial charge in [0.2, 0.25) is 5.91 Å². The Bertz CT molecular complexity index is 1290. The lowest BCUT2D eigenvalue weighted by atomic mass is 9.70. The number of nitrogens with one attached hydrogen (secondary N) is 2. The van der Waals surface area contributed by atoms with Gasteiger partial charge in [-0.3, -0.25) is 4.79 Å². The second-order valence-corrected chi connectivity index (χ2v) is 8.70. The fourth-order valence-electron chi connectivity index (χ4n) is 4.67. The highest BCUT2D eigenvalue weighted by atomic mass is 19.1. The number of hydrogen-bond donors (Lipinski definition) is 2. The number of benzene rings is 2. The molecule has 33 heavy (non-hydrogen) atoms. The van der Waals surface area contributed by atoms with Crippen LogP contribution in [0.15, 0.2) is 55.1 Å². The number of aromatic amines is 1. The van der Waals surface area contributed by atoms with Gasteiger partial charge in [-0.1, -0.05) is 0 Å². The predicted molar refractivity (Wildman–Crippen MR) is 119 cm³/mol. The number of fused-ring (bicyclic) bond motifs is 1. The average molecular weight is 452 g/mol. The second-order valence-electron chi connectivity index (χ2n) is 8.70. The van der Waals surface area contributed by atoms with E-state index >= 15 is 0 Å². The third-order valence-corrected chi connectivity index (χ3v) is 6.56. The van der Waals surface area contributed by atoms with Gasteiger partial charge in [-0.05, 0) is 73.1 Å². The van der Waals surface area contributed by atoms with Crippen molar-refractivity contribution in [3.63, 3.8) is 0 Å². The van der Waals surface area contributed by atoms with Crippen molar-refractivity contribution in [3.8, 4) is 11.3 Å². The second kappa shape index (κ2) is 8.42. The van der Waals surface area contributed by atoms with Crippen molar-refractivity contribution in [2.24, 2.45) is 5.92 Å². The molecule has 8 heteroatoms. The molecule has 0 saturated heterocycles. The van der Waals surface area contributed by atoms with Crippen LogP contribution in [0.2, 0.25) is 0 Å². The maximum Gasteiger partial charge on any atom is 0.242 e. The van der Waals surface area contributed by atoms with Gasteiger partial charge < -0.3 is 14.9 Å². The lowest BCUT2D eigenvalue weighted by Gasteiger charge is -2.36. The maximum absolute atomic E-state index is 14.5. The van der Waals surface area contributed by atoms with Crippen molar-refractivity contribution in [3.05, 3.63) is 78.1 Å². The van der Waals surface area contributed by atoms with Crippen LogP contribution in [0.25, 0.3) is 22.2 Å². The summed E-state index contributed by atoms with van der Waals surface area (Å²) in [6, 6.07) is 7.81. The number of rotatable bonds is 6. The molecule has 2 N–H and O–H groups in total. The minimum atomic E-state index is -0.656. The van der Waals surface area contributed by atoms with Crippen LogP contribution in [-0.2, 0) is 4.79 Å². The SMILES string of the molecule is CC(C(=O)NC[C@H]1C[C@@H](c2c(-c3ccc(F)cc3)[nH]c3c(F)cc(F)cc32)C1)n1ccnc1. The van der Waals surface area contributed by atoms with Crippen LogP contribution in [0.4, 0.5) is 13.2 Å². The fraction of sp³-hybridized carbons (Fsp3) is 0.280. The molecule has 1 atom stereocenters. The molecule has 2 heterocycles. The molecule has 1 unspecified atom stereocenters. The van der Waals surface area contributed by atoms with Gasteiger partial charge in [0.05, 0.1) is 17.5 Å². The van der Waals surface area contributed by atoms with Gasteiger partial charge in [0.15, 0.2) is 0 Å². The normalized spacial score (nSPS) is 18.8. The van der Waals surface area contributed by atoms with E-state index in [-0.39, 0.29) is 35.1 Å². The van der Waals surface area contributed by atoms with Crippen molar-refractivity contribution >= 4 is 16.8 Å². The zero-order chi connectivity index (χ0) is 23.1. The Morgan fingerprint density at radius 3 is 2.64 bits per heavy atom. The van der Waals surface area contributed by atoms with Gasteiger partial charge >= 0.3 is 0 Å². The average Bonchev–Trinajstić information content (AvgIpc) is 3.41. The first-order valence-corrected chi connectivity index (χ1v) is 10.9. The number of aromatic nitrogens is 3. The first kappa shape index (κ1) is 21.3. The molecule has 5 nitrogen and oxygen atoms in total. The summed E-state index contributed by atoms with van der Waals surface area (Å²) in [6.07, 6.45) is 6.54. The Labute approximate surface area is 188 Å². The summed E-state index contributed by atoms with van der Waals surface area (Å²) in [5.74, 6) is -1.40. The van der Waals surface area contributed by atoms with Crippen molar-refractivity contribution < 1.29 is 18.0 Å². The number of amides is 1. The number of carbonyl (C=O) groups is 1. The van der Waals surface area contributed by atoms with E-state index in [1.54, 1.807) is 35.4 Å². The van der Waals surface area contributed by atoms with E-state index in [2.05, 4.69) is 15.3 Å². The molecule has 0 radical (unpaired) electrons. The van der Waals surface area contributed by atoms with E-state index in [9.17, 15) is 18.0 Å². The molecule has 1 saturated carbocycles. The molecule has 5 rings (SSSR count). The third kappa shape index (κ3) is 4.01. The van der Waals surface area contributed by atoms with Crippen molar-refractivity contribution in [1.29, 1.82) is 0 Å². The van der Waals surface area contributed by atoms with E-state index in [0.29, 0.717) is 23.2 Å². The number of nitrogens with zero attached hydrogens (tertiary/aromatic N) is 2. The van der Waals surface area contributed by atoms with Gasteiger partial charge in [-0.15, -0.1) is 0 Å². The Morgan fingerprint density at radius 1 is 1.18 bits per heavy atom. The molecule has 0 spiro atoms. The molecule has 1 aliphatic carbocycles. The summed E-state index contributed by atoms with van der Waals surface area (Å²) in [5, 5.41) is 3.50. The van der Waals surface area contributed by atoms with Gasteiger partial charge in [0.25, 0.3) is 0 Å². The fourth-order valence-corrected chi connectivity index (χ4v) is 4.67. The van der Waals surface area contributed by atoms with Gasteiger partial charge in [-0.2, -0.15) is 0 Å². The van der Waals surface area contributed by atoms with Crippen LogP contribution in [0, 0.1) is 23.4 Å². The Hall–Kier alpha value is -3.55. The van der Waals surface area contributed by atoms with Gasteiger partial charge in [0.1, 0.15) is 23.5 Å². The van der Waals surface area contributed by atoms with E-state index in [1.165, 1.54) is 18.2 Å². The van der Waals surface area contributed by atoms with Crippen LogP contribution in [-0.4, -0.2) is 27.0 Å². The lowest BCUT2D eigenvalue weighted by Crippen LogP contribution is -2.38. The molecule has 1 aliphatic rings. The number of carbonyl (C=O) groups excluding carboxylic acids is 1. The number of H-pyrrole nitrogens is 1. The standard InChI is InChI=1S/C25H23F3N4O/c1-14(32-7-6-29-13-32)25(33)30-12-15-8-17(9-15)22-20-10-19(27)11-21(28)24(20)31-23(22)16-2-4-18(26)5-3-16/h2-7,10-11,13-15,17,31H,8-9,12H2,1H3,(H,30,33)/t14?,15-,17+. The largest absolute Gasteiger partial charge is 0.354 e. The van der Waals surface area contributed by atoms with E-state index in [0.717, 1.165) is 24.5 Å². The van der Waals surface area contributed by atoms with E-state index in [4.69, 9.17) is 0 Å². The van der Waals surface area contributed by atoms with E-state index in [1.807, 2.05) is 6.92 Å². The molecule has 170 valence electrons. The van der Waals surface area contributed by atoms with Crippen molar-refractivity contribution in [2.45, 2.75) is 31.7 Å². The quantitative estimate of drug-likeness (QED) is 0.416. The minimum Gasteiger partial charge on any atom is -0.354 e. The first-order valence-electron chi connectivity index (χ1n) is 10.9. The lowest BCUT2D eigenvalue weighted by molar-refractivity contribution is -0.124. The summed E-state index contributed by atoms with van der Waals surface area (Å²) in [5.41, 5.74) is 2.48. The van der Waals surface area contributed by atoms with Crippen molar-refractivity contribution in [2.75, 3.05) is 6.54 Å². The van der Waals surface area contributed by atoms with Crippen LogP contribution in [0.3, 0.4) is 0 Å². The highest BCUT2D eigenvalue weighted by molar-refractivity contribution is 5.92. The summed E-state index contributed by atoms with van der Waals surface area (Å²) in [4.78, 5) is 19.5. The molecule has 0 aliphatic heterocycles. The summed E-state index contributed by atoms with van der Waals surface area (Å²) in [6.45, 7) is 2.34. The number of halogens is 3. The summed E-state index contributed by atoms with van der Waals surface area (Å²) in [7, 11) is 0. The monoisotopic (exact) mass is 452 g/mol. The smallest absolute Gasteiger partial charge is 0.242 e. The molecular weight excluding hydrogens is 429 g/mol.